The van der Waals surface area contributed by atoms with E-state index in [0.717, 1.165) is 28.5 Å². The zero-order chi connectivity index (χ0) is 14.7. The molecule has 0 amide bonds. The number of imidazole rings is 1. The van der Waals surface area contributed by atoms with Gasteiger partial charge in [0.2, 0.25) is 0 Å². The highest BCUT2D eigenvalue weighted by Gasteiger charge is 2.06. The molecule has 0 aliphatic rings. The van der Waals surface area contributed by atoms with Gasteiger partial charge in [-0.15, -0.1) is 0 Å². The molecule has 3 rings (SSSR count). The molecule has 2 aromatic carbocycles. The molecule has 0 spiro atoms. The normalized spacial score (nSPS) is 10.8. The van der Waals surface area contributed by atoms with Gasteiger partial charge < -0.3 is 10.3 Å². The molecule has 0 saturated heterocycles. The van der Waals surface area contributed by atoms with E-state index < -0.39 is 0 Å². The fourth-order valence-corrected chi connectivity index (χ4v) is 2.47. The number of benzene rings is 2. The highest BCUT2D eigenvalue weighted by atomic mass is 35.5. The van der Waals surface area contributed by atoms with Gasteiger partial charge in [0.25, 0.3) is 0 Å². The maximum Gasteiger partial charge on any atom is 0.140 e. The van der Waals surface area contributed by atoms with Crippen molar-refractivity contribution in [2.45, 2.75) is 13.1 Å². The van der Waals surface area contributed by atoms with Crippen molar-refractivity contribution in [2.75, 3.05) is 0 Å². The molecule has 0 radical (unpaired) electrons. The molecule has 2 N–H and O–H groups in total. The van der Waals surface area contributed by atoms with Crippen molar-refractivity contribution in [3.05, 3.63) is 77.1 Å². The van der Waals surface area contributed by atoms with Gasteiger partial charge in [-0.05, 0) is 35.4 Å². The number of nitrogens with two attached hydrogens (primary N) is 1. The van der Waals surface area contributed by atoms with Crippen LogP contribution in [0.3, 0.4) is 0 Å². The number of halogens is 1. The van der Waals surface area contributed by atoms with Crippen molar-refractivity contribution in [3.8, 4) is 11.4 Å². The van der Waals surface area contributed by atoms with Crippen LogP contribution in [0.4, 0.5) is 0 Å². The first-order valence-electron chi connectivity index (χ1n) is 6.81. The van der Waals surface area contributed by atoms with Crippen molar-refractivity contribution in [1.29, 1.82) is 0 Å². The first kappa shape index (κ1) is 13.9. The molecule has 0 atom stereocenters. The largest absolute Gasteiger partial charge is 0.327 e. The van der Waals surface area contributed by atoms with Crippen LogP contribution in [0.5, 0.6) is 0 Å². The zero-order valence-corrected chi connectivity index (χ0v) is 12.3. The van der Waals surface area contributed by atoms with E-state index in [1.165, 1.54) is 5.56 Å². The summed E-state index contributed by atoms with van der Waals surface area (Å²) >= 11 is 5.94. The molecule has 0 bridgehead atoms. The van der Waals surface area contributed by atoms with Gasteiger partial charge in [0, 0.05) is 36.1 Å². The minimum absolute atomic E-state index is 0.557. The van der Waals surface area contributed by atoms with Crippen LogP contribution >= 0.6 is 11.6 Å². The van der Waals surface area contributed by atoms with Crippen LogP contribution in [-0.4, -0.2) is 9.55 Å². The van der Waals surface area contributed by atoms with Crippen molar-refractivity contribution < 1.29 is 0 Å². The summed E-state index contributed by atoms with van der Waals surface area (Å²) in [7, 11) is 0. The minimum atomic E-state index is 0.557. The second-order valence-corrected chi connectivity index (χ2v) is 5.35. The maximum absolute atomic E-state index is 5.94. The van der Waals surface area contributed by atoms with E-state index in [4.69, 9.17) is 17.3 Å². The lowest BCUT2D eigenvalue weighted by atomic mass is 10.1. The Morgan fingerprint density at radius 3 is 2.57 bits per heavy atom. The van der Waals surface area contributed by atoms with Crippen LogP contribution in [0, 0.1) is 0 Å². The Morgan fingerprint density at radius 1 is 1.05 bits per heavy atom. The number of rotatable bonds is 4. The molecule has 1 heterocycles. The van der Waals surface area contributed by atoms with Crippen LogP contribution in [-0.2, 0) is 13.1 Å². The molecular formula is C17H16ClN3. The monoisotopic (exact) mass is 297 g/mol. The smallest absolute Gasteiger partial charge is 0.140 e. The summed E-state index contributed by atoms with van der Waals surface area (Å²) in [6.45, 7) is 1.33. The summed E-state index contributed by atoms with van der Waals surface area (Å²) in [5.41, 5.74) is 9.10. The summed E-state index contributed by atoms with van der Waals surface area (Å²) in [5.74, 6) is 0.935. The lowest BCUT2D eigenvalue weighted by Crippen LogP contribution is -2.03. The fourth-order valence-electron chi connectivity index (χ4n) is 2.35. The second kappa shape index (κ2) is 6.12. The number of nitrogens with zero attached hydrogens (tertiary/aromatic N) is 2. The minimum Gasteiger partial charge on any atom is -0.327 e. The number of hydrogen-bond acceptors (Lipinski definition) is 2. The molecule has 3 aromatic rings. The van der Waals surface area contributed by atoms with E-state index >= 15 is 0 Å². The van der Waals surface area contributed by atoms with Gasteiger partial charge in [-0.2, -0.15) is 0 Å². The van der Waals surface area contributed by atoms with Crippen molar-refractivity contribution in [2.24, 2.45) is 5.73 Å². The Hall–Kier alpha value is -2.10. The highest BCUT2D eigenvalue weighted by Crippen LogP contribution is 2.21. The van der Waals surface area contributed by atoms with E-state index in [1.807, 2.05) is 48.8 Å². The van der Waals surface area contributed by atoms with E-state index in [0.29, 0.717) is 6.54 Å². The van der Waals surface area contributed by atoms with Gasteiger partial charge in [0.05, 0.1) is 0 Å². The Bertz CT molecular complexity index is 732. The number of aromatic nitrogens is 2. The summed E-state index contributed by atoms with van der Waals surface area (Å²) in [6, 6.07) is 16.0. The lowest BCUT2D eigenvalue weighted by Gasteiger charge is -2.09. The van der Waals surface area contributed by atoms with Crippen molar-refractivity contribution in [1.82, 2.24) is 9.55 Å². The molecular weight excluding hydrogens is 282 g/mol. The van der Waals surface area contributed by atoms with Gasteiger partial charge in [-0.3, -0.25) is 0 Å². The summed E-state index contributed by atoms with van der Waals surface area (Å²) in [4.78, 5) is 4.45. The number of hydrogen-bond donors (Lipinski definition) is 1. The Kier molecular flexibility index (Phi) is 4.04. The predicted octanol–water partition coefficient (Wildman–Crippen LogP) is 3.71. The summed E-state index contributed by atoms with van der Waals surface area (Å²) < 4.78 is 2.12. The van der Waals surface area contributed by atoms with Crippen LogP contribution in [0.15, 0.2) is 60.9 Å². The fraction of sp³-hybridized carbons (Fsp3) is 0.118. The molecule has 4 heteroatoms. The first-order chi connectivity index (χ1) is 10.3. The van der Waals surface area contributed by atoms with Crippen molar-refractivity contribution in [3.63, 3.8) is 0 Å². The van der Waals surface area contributed by atoms with Crippen LogP contribution < -0.4 is 5.73 Å². The van der Waals surface area contributed by atoms with E-state index in [-0.39, 0.29) is 0 Å². The molecule has 0 saturated carbocycles. The molecule has 0 aliphatic heterocycles. The average Bonchev–Trinajstić information content (AvgIpc) is 2.96. The van der Waals surface area contributed by atoms with E-state index in [9.17, 15) is 0 Å². The molecule has 1 aromatic heterocycles. The average molecular weight is 298 g/mol. The summed E-state index contributed by atoms with van der Waals surface area (Å²) in [5, 5.41) is 0.729. The quantitative estimate of drug-likeness (QED) is 0.798. The summed E-state index contributed by atoms with van der Waals surface area (Å²) in [6.07, 6.45) is 3.80. The standard InChI is InChI=1S/C17H16ClN3/c18-16-6-4-15(5-7-16)17-20-8-9-21(17)12-14-3-1-2-13(10-14)11-19/h1-10H,11-12,19H2. The second-order valence-electron chi connectivity index (χ2n) is 4.91. The van der Waals surface area contributed by atoms with E-state index in [1.54, 1.807) is 0 Å². The topological polar surface area (TPSA) is 43.8 Å². The Labute approximate surface area is 129 Å². The third kappa shape index (κ3) is 3.15. The molecule has 0 fully saturated rings. The van der Waals surface area contributed by atoms with Crippen molar-refractivity contribution >= 4 is 11.6 Å². The first-order valence-corrected chi connectivity index (χ1v) is 7.19. The maximum atomic E-state index is 5.94. The van der Waals surface area contributed by atoms with Crippen LogP contribution in [0.25, 0.3) is 11.4 Å². The predicted molar refractivity (Wildman–Crippen MR) is 86.1 cm³/mol. The van der Waals surface area contributed by atoms with Gasteiger partial charge in [0.1, 0.15) is 5.82 Å². The molecule has 3 nitrogen and oxygen atoms in total. The van der Waals surface area contributed by atoms with Gasteiger partial charge >= 0.3 is 0 Å². The van der Waals surface area contributed by atoms with Gasteiger partial charge in [0.15, 0.2) is 0 Å². The van der Waals surface area contributed by atoms with Crippen LogP contribution in [0.2, 0.25) is 5.02 Å². The Morgan fingerprint density at radius 2 is 1.81 bits per heavy atom. The zero-order valence-electron chi connectivity index (χ0n) is 11.5. The van der Waals surface area contributed by atoms with Gasteiger partial charge in [-0.1, -0.05) is 35.9 Å². The van der Waals surface area contributed by atoms with Gasteiger partial charge in [-0.25, -0.2) is 4.98 Å². The SMILES string of the molecule is NCc1cccc(Cn2ccnc2-c2ccc(Cl)cc2)c1. The molecule has 21 heavy (non-hydrogen) atoms. The highest BCUT2D eigenvalue weighted by molar-refractivity contribution is 6.30. The third-order valence-electron chi connectivity index (χ3n) is 3.40. The lowest BCUT2D eigenvalue weighted by molar-refractivity contribution is 0.805. The molecule has 0 aliphatic carbocycles. The van der Waals surface area contributed by atoms with Crippen LogP contribution in [0.1, 0.15) is 11.1 Å². The molecule has 0 unspecified atom stereocenters. The third-order valence-corrected chi connectivity index (χ3v) is 3.65. The van der Waals surface area contributed by atoms with E-state index in [2.05, 4.69) is 21.7 Å². The molecule has 106 valence electrons. The Balaban J connectivity index is 1.90.